The van der Waals surface area contributed by atoms with Crippen molar-refractivity contribution in [1.29, 1.82) is 0 Å². The van der Waals surface area contributed by atoms with Crippen LogP contribution in [0.3, 0.4) is 0 Å². The van der Waals surface area contributed by atoms with Crippen molar-refractivity contribution >= 4 is 60.4 Å². The molecule has 1 saturated heterocycles. The zero-order valence-corrected chi connectivity index (χ0v) is 18.0. The number of amides is 1. The third-order valence-corrected chi connectivity index (χ3v) is 7.81. The Morgan fingerprint density at radius 2 is 2.14 bits per heavy atom. The molecule has 0 spiro atoms. The van der Waals surface area contributed by atoms with Gasteiger partial charge in [0.15, 0.2) is 0 Å². The fraction of sp³-hybridized carbons (Fsp3) is 0.318. The lowest BCUT2D eigenvalue weighted by molar-refractivity contribution is -0.132. The minimum atomic E-state index is 0.168. The Labute approximate surface area is 177 Å². The number of thiazole rings is 1. The number of carbonyl (C=O) groups is 1. The monoisotopic (exact) mass is 422 g/mol. The van der Waals surface area contributed by atoms with E-state index < -0.39 is 0 Å². The van der Waals surface area contributed by atoms with Gasteiger partial charge in [-0.05, 0) is 50.1 Å². The molecule has 3 aromatic heterocycles. The summed E-state index contributed by atoms with van der Waals surface area (Å²) in [6.07, 6.45) is 4.02. The number of aromatic nitrogens is 2. The number of anilines is 2. The van der Waals surface area contributed by atoms with Crippen LogP contribution in [0.4, 0.5) is 11.4 Å². The topological polar surface area (TPSA) is 58.1 Å². The summed E-state index contributed by atoms with van der Waals surface area (Å²) in [4.78, 5) is 25.4. The van der Waals surface area contributed by atoms with Crippen molar-refractivity contribution in [3.63, 3.8) is 0 Å². The SMILES string of the molecule is CC(=O)N1CCC[C@H](c2cc3c(Nc4ccc5scnc5c4)ccnc3s2)[C@H]1C. The minimum Gasteiger partial charge on any atom is -0.355 e. The second-order valence-corrected chi connectivity index (χ2v) is 9.54. The Morgan fingerprint density at radius 1 is 1.24 bits per heavy atom. The van der Waals surface area contributed by atoms with Crippen molar-refractivity contribution in [2.45, 2.75) is 38.6 Å². The molecular weight excluding hydrogens is 400 g/mol. The van der Waals surface area contributed by atoms with Gasteiger partial charge in [-0.1, -0.05) is 0 Å². The lowest BCUT2D eigenvalue weighted by atomic mass is 9.88. The van der Waals surface area contributed by atoms with E-state index in [1.54, 1.807) is 29.6 Å². The summed E-state index contributed by atoms with van der Waals surface area (Å²) in [5.74, 6) is 0.535. The summed E-state index contributed by atoms with van der Waals surface area (Å²) in [5.41, 5.74) is 4.97. The van der Waals surface area contributed by atoms with Crippen LogP contribution in [0.25, 0.3) is 20.4 Å². The largest absolute Gasteiger partial charge is 0.355 e. The summed E-state index contributed by atoms with van der Waals surface area (Å²) < 4.78 is 1.19. The maximum atomic E-state index is 12.0. The molecule has 1 amide bonds. The molecule has 0 aliphatic carbocycles. The lowest BCUT2D eigenvalue weighted by Crippen LogP contribution is -2.44. The highest BCUT2D eigenvalue weighted by Gasteiger charge is 2.31. The molecule has 1 aromatic carbocycles. The van der Waals surface area contributed by atoms with Gasteiger partial charge in [0, 0.05) is 47.6 Å². The van der Waals surface area contributed by atoms with Gasteiger partial charge >= 0.3 is 0 Å². The number of piperidine rings is 1. The van der Waals surface area contributed by atoms with E-state index in [1.165, 1.54) is 9.58 Å². The fourth-order valence-electron chi connectivity index (χ4n) is 4.31. The number of fused-ring (bicyclic) bond motifs is 2. The first kappa shape index (κ1) is 18.5. The summed E-state index contributed by atoms with van der Waals surface area (Å²) in [5, 5.41) is 4.69. The molecule has 0 saturated carbocycles. The first-order valence-electron chi connectivity index (χ1n) is 9.86. The smallest absolute Gasteiger partial charge is 0.219 e. The summed E-state index contributed by atoms with van der Waals surface area (Å²) in [6.45, 7) is 4.71. The van der Waals surface area contributed by atoms with Crippen molar-refractivity contribution in [3.8, 4) is 0 Å². The van der Waals surface area contributed by atoms with E-state index in [2.05, 4.69) is 46.5 Å². The minimum absolute atomic E-state index is 0.168. The second-order valence-electron chi connectivity index (χ2n) is 7.59. The molecule has 5 nitrogen and oxygen atoms in total. The zero-order chi connectivity index (χ0) is 20.0. The molecule has 5 rings (SSSR count). The number of pyridine rings is 1. The average molecular weight is 423 g/mol. The lowest BCUT2D eigenvalue weighted by Gasteiger charge is -2.38. The van der Waals surface area contributed by atoms with Crippen LogP contribution in [0.5, 0.6) is 0 Å². The number of carbonyl (C=O) groups excluding carboxylic acids is 1. The van der Waals surface area contributed by atoms with Crippen LogP contribution in [0.2, 0.25) is 0 Å². The van der Waals surface area contributed by atoms with E-state index in [0.29, 0.717) is 5.92 Å². The third-order valence-electron chi connectivity index (χ3n) is 5.82. The van der Waals surface area contributed by atoms with Gasteiger partial charge in [0.2, 0.25) is 5.91 Å². The predicted molar refractivity (Wildman–Crippen MR) is 121 cm³/mol. The van der Waals surface area contributed by atoms with E-state index in [0.717, 1.165) is 46.5 Å². The van der Waals surface area contributed by atoms with Crippen LogP contribution in [0.15, 0.2) is 42.0 Å². The van der Waals surface area contributed by atoms with Crippen molar-refractivity contribution in [2.24, 2.45) is 0 Å². The van der Waals surface area contributed by atoms with Gasteiger partial charge in [-0.15, -0.1) is 22.7 Å². The van der Waals surface area contributed by atoms with Gasteiger partial charge in [-0.2, -0.15) is 0 Å². The highest BCUT2D eigenvalue weighted by Crippen LogP contribution is 2.40. The Hall–Kier alpha value is -2.51. The van der Waals surface area contributed by atoms with Crippen LogP contribution < -0.4 is 5.32 Å². The highest BCUT2D eigenvalue weighted by atomic mass is 32.1. The molecule has 1 fully saturated rings. The molecular formula is C22H22N4OS2. The third kappa shape index (κ3) is 3.38. The molecule has 29 heavy (non-hydrogen) atoms. The number of nitrogens with one attached hydrogen (secondary N) is 1. The number of rotatable bonds is 3. The van der Waals surface area contributed by atoms with Crippen molar-refractivity contribution in [3.05, 3.63) is 46.9 Å². The normalized spacial score (nSPS) is 19.7. The molecule has 7 heteroatoms. The molecule has 0 unspecified atom stereocenters. The van der Waals surface area contributed by atoms with Crippen molar-refractivity contribution < 1.29 is 4.79 Å². The Morgan fingerprint density at radius 3 is 3.00 bits per heavy atom. The number of hydrogen-bond donors (Lipinski definition) is 1. The molecule has 4 aromatic rings. The summed E-state index contributed by atoms with van der Waals surface area (Å²) >= 11 is 3.40. The van der Waals surface area contributed by atoms with Gasteiger partial charge in [0.05, 0.1) is 21.4 Å². The predicted octanol–water partition coefficient (Wildman–Crippen LogP) is 5.76. The van der Waals surface area contributed by atoms with Gasteiger partial charge in [-0.3, -0.25) is 4.79 Å². The quantitative estimate of drug-likeness (QED) is 0.456. The Bertz CT molecular complexity index is 1200. The number of hydrogen-bond acceptors (Lipinski definition) is 6. The fourth-order valence-corrected chi connectivity index (χ4v) is 6.23. The van der Waals surface area contributed by atoms with Gasteiger partial charge in [-0.25, -0.2) is 9.97 Å². The second kappa shape index (κ2) is 7.39. The standard InChI is InChI=1S/C22H22N4OS2/c1-13-16(4-3-9-26(13)14(2)27)21-11-17-18(7-8-23-22(17)29-21)25-15-5-6-20-19(10-15)24-12-28-20/h5-8,10-13,16H,3-4,9H2,1-2H3,(H,23,25)/t13-,16+/m1/s1. The summed E-state index contributed by atoms with van der Waals surface area (Å²) in [6, 6.07) is 10.8. The molecule has 1 aliphatic heterocycles. The maximum absolute atomic E-state index is 12.0. The van der Waals surface area contributed by atoms with E-state index in [4.69, 9.17) is 0 Å². The zero-order valence-electron chi connectivity index (χ0n) is 16.4. The van der Waals surface area contributed by atoms with Crippen LogP contribution in [-0.2, 0) is 4.79 Å². The maximum Gasteiger partial charge on any atom is 0.219 e. The number of thiophene rings is 1. The van der Waals surface area contributed by atoms with E-state index in [9.17, 15) is 4.79 Å². The molecule has 1 aliphatic rings. The number of likely N-dealkylation sites (tertiary alicyclic amines) is 1. The van der Waals surface area contributed by atoms with Gasteiger partial charge in [0.25, 0.3) is 0 Å². The first-order valence-corrected chi connectivity index (χ1v) is 11.6. The molecule has 1 N–H and O–H groups in total. The van der Waals surface area contributed by atoms with Gasteiger partial charge < -0.3 is 10.2 Å². The molecule has 2 atom stereocenters. The number of benzene rings is 1. The highest BCUT2D eigenvalue weighted by molar-refractivity contribution is 7.18. The number of nitrogens with zero attached hydrogens (tertiary/aromatic N) is 3. The summed E-state index contributed by atoms with van der Waals surface area (Å²) in [7, 11) is 0. The molecule has 4 heterocycles. The molecule has 148 valence electrons. The van der Waals surface area contributed by atoms with Gasteiger partial charge in [0.1, 0.15) is 4.83 Å². The first-order chi connectivity index (χ1) is 14.1. The van der Waals surface area contributed by atoms with Crippen LogP contribution in [0.1, 0.15) is 37.5 Å². The van der Waals surface area contributed by atoms with Crippen LogP contribution in [-0.4, -0.2) is 33.4 Å². The van der Waals surface area contributed by atoms with Crippen molar-refractivity contribution in [2.75, 3.05) is 11.9 Å². The van der Waals surface area contributed by atoms with Crippen LogP contribution >= 0.6 is 22.7 Å². The Kier molecular flexibility index (Phi) is 4.72. The van der Waals surface area contributed by atoms with Crippen molar-refractivity contribution in [1.82, 2.24) is 14.9 Å². The van der Waals surface area contributed by atoms with E-state index in [1.807, 2.05) is 22.7 Å². The van der Waals surface area contributed by atoms with Crippen LogP contribution in [0, 0.1) is 0 Å². The van der Waals surface area contributed by atoms with E-state index >= 15 is 0 Å². The molecule has 0 bridgehead atoms. The average Bonchev–Trinajstić information content (AvgIpc) is 3.34. The molecule has 0 radical (unpaired) electrons. The van der Waals surface area contributed by atoms with E-state index in [-0.39, 0.29) is 11.9 Å². The Balaban J connectivity index is 1.48.